The van der Waals surface area contributed by atoms with Crippen LogP contribution in [0.15, 0.2) is 46.5 Å². The van der Waals surface area contributed by atoms with Gasteiger partial charge in [0.25, 0.3) is 0 Å². The highest BCUT2D eigenvalue weighted by Gasteiger charge is 2.30. The molecule has 0 aliphatic heterocycles. The molecule has 1 aromatic heterocycles. The lowest BCUT2D eigenvalue weighted by Gasteiger charge is -2.10. The van der Waals surface area contributed by atoms with Crippen molar-refractivity contribution in [1.82, 2.24) is 10.3 Å². The van der Waals surface area contributed by atoms with Gasteiger partial charge >= 0.3 is 6.18 Å². The summed E-state index contributed by atoms with van der Waals surface area (Å²) < 4.78 is 37.5. The molecule has 6 heteroatoms. The zero-order valence-corrected chi connectivity index (χ0v) is 12.5. The van der Waals surface area contributed by atoms with Gasteiger partial charge in [-0.25, -0.2) is 4.98 Å². The lowest BCUT2D eigenvalue weighted by Crippen LogP contribution is -2.06. The SMILES string of the molecule is CNCc1cc(C)ccc1Sc1ccc(C(F)(F)F)cn1. The summed E-state index contributed by atoms with van der Waals surface area (Å²) in [5.41, 5.74) is 1.51. The third-order valence-corrected chi connectivity index (χ3v) is 3.93. The molecule has 2 nitrogen and oxygen atoms in total. The fourth-order valence-corrected chi connectivity index (χ4v) is 2.72. The molecule has 1 aromatic carbocycles. The minimum Gasteiger partial charge on any atom is -0.316 e. The predicted octanol–water partition coefficient (Wildman–Crippen LogP) is 4.28. The van der Waals surface area contributed by atoms with E-state index in [4.69, 9.17) is 0 Å². The molecule has 0 saturated carbocycles. The molecule has 0 atom stereocenters. The quantitative estimate of drug-likeness (QED) is 0.912. The Morgan fingerprint density at radius 2 is 1.95 bits per heavy atom. The number of hydrogen-bond acceptors (Lipinski definition) is 3. The summed E-state index contributed by atoms with van der Waals surface area (Å²) in [4.78, 5) is 4.87. The minimum atomic E-state index is -4.35. The average molecular weight is 312 g/mol. The van der Waals surface area contributed by atoms with Gasteiger partial charge in [0.1, 0.15) is 5.03 Å². The molecule has 0 fully saturated rings. The summed E-state index contributed by atoms with van der Waals surface area (Å²) in [5.74, 6) is 0. The van der Waals surface area contributed by atoms with Gasteiger partial charge in [0, 0.05) is 17.6 Å². The highest BCUT2D eigenvalue weighted by Crippen LogP contribution is 2.33. The third kappa shape index (κ3) is 4.22. The summed E-state index contributed by atoms with van der Waals surface area (Å²) in [6.45, 7) is 2.70. The summed E-state index contributed by atoms with van der Waals surface area (Å²) >= 11 is 1.36. The van der Waals surface area contributed by atoms with Gasteiger partial charge in [0.15, 0.2) is 0 Å². The summed E-state index contributed by atoms with van der Waals surface area (Å²) in [6, 6.07) is 8.46. The van der Waals surface area contributed by atoms with Gasteiger partial charge in [0.2, 0.25) is 0 Å². The van der Waals surface area contributed by atoms with Crippen molar-refractivity contribution >= 4 is 11.8 Å². The first kappa shape index (κ1) is 15.9. The van der Waals surface area contributed by atoms with E-state index in [0.717, 1.165) is 28.3 Å². The molecule has 0 aliphatic rings. The lowest BCUT2D eigenvalue weighted by atomic mass is 10.1. The van der Waals surface area contributed by atoms with Crippen molar-refractivity contribution < 1.29 is 13.2 Å². The average Bonchev–Trinajstić information content (AvgIpc) is 2.42. The Balaban J connectivity index is 2.22. The molecule has 21 heavy (non-hydrogen) atoms. The second kappa shape index (κ2) is 6.49. The highest BCUT2D eigenvalue weighted by atomic mass is 32.2. The second-order valence-corrected chi connectivity index (χ2v) is 5.69. The van der Waals surface area contributed by atoms with E-state index in [0.29, 0.717) is 11.6 Å². The van der Waals surface area contributed by atoms with E-state index in [1.807, 2.05) is 26.1 Å². The Morgan fingerprint density at radius 3 is 2.52 bits per heavy atom. The molecule has 1 N–H and O–H groups in total. The van der Waals surface area contributed by atoms with Crippen LogP contribution in [-0.2, 0) is 12.7 Å². The van der Waals surface area contributed by atoms with Gasteiger partial charge in [-0.1, -0.05) is 29.5 Å². The van der Waals surface area contributed by atoms with Crippen molar-refractivity contribution in [3.63, 3.8) is 0 Å². The van der Waals surface area contributed by atoms with E-state index < -0.39 is 11.7 Å². The lowest BCUT2D eigenvalue weighted by molar-refractivity contribution is -0.137. The van der Waals surface area contributed by atoms with Crippen LogP contribution in [0.4, 0.5) is 13.2 Å². The fourth-order valence-electron chi connectivity index (χ4n) is 1.86. The molecule has 0 spiro atoms. The number of nitrogens with zero attached hydrogens (tertiary/aromatic N) is 1. The smallest absolute Gasteiger partial charge is 0.316 e. The van der Waals surface area contributed by atoms with E-state index in [2.05, 4.69) is 16.4 Å². The number of aryl methyl sites for hydroxylation is 1. The standard InChI is InChI=1S/C15H15F3N2S/c1-10-3-5-13(11(7-10)8-19-2)21-14-6-4-12(9-20-14)15(16,17)18/h3-7,9,19H,8H2,1-2H3. The van der Waals surface area contributed by atoms with Gasteiger partial charge < -0.3 is 5.32 Å². The second-order valence-electron chi connectivity index (χ2n) is 4.63. The van der Waals surface area contributed by atoms with Crippen molar-refractivity contribution in [3.05, 3.63) is 53.2 Å². The molecule has 1 heterocycles. The Morgan fingerprint density at radius 1 is 1.19 bits per heavy atom. The van der Waals surface area contributed by atoms with Gasteiger partial charge in [-0.3, -0.25) is 0 Å². The van der Waals surface area contributed by atoms with Crippen LogP contribution in [-0.4, -0.2) is 12.0 Å². The summed E-state index contributed by atoms with van der Waals surface area (Å²) in [7, 11) is 1.85. The van der Waals surface area contributed by atoms with Crippen molar-refractivity contribution in [1.29, 1.82) is 0 Å². The van der Waals surface area contributed by atoms with Crippen LogP contribution in [0.1, 0.15) is 16.7 Å². The molecule has 0 radical (unpaired) electrons. The van der Waals surface area contributed by atoms with Crippen LogP contribution in [0.25, 0.3) is 0 Å². The van der Waals surface area contributed by atoms with Crippen molar-refractivity contribution in [2.24, 2.45) is 0 Å². The molecular weight excluding hydrogens is 297 g/mol. The summed E-state index contributed by atoms with van der Waals surface area (Å²) in [6.07, 6.45) is -3.48. The molecule has 2 rings (SSSR count). The Bertz CT molecular complexity index is 609. The monoisotopic (exact) mass is 312 g/mol. The number of aromatic nitrogens is 1. The van der Waals surface area contributed by atoms with Crippen LogP contribution < -0.4 is 5.32 Å². The number of pyridine rings is 1. The molecule has 0 saturated heterocycles. The van der Waals surface area contributed by atoms with Crippen LogP contribution >= 0.6 is 11.8 Å². The Kier molecular flexibility index (Phi) is 4.90. The maximum Gasteiger partial charge on any atom is 0.417 e. The number of hydrogen-bond donors (Lipinski definition) is 1. The zero-order valence-electron chi connectivity index (χ0n) is 11.7. The molecule has 0 aliphatic carbocycles. The van der Waals surface area contributed by atoms with Crippen molar-refractivity contribution in [3.8, 4) is 0 Å². The third-order valence-electron chi connectivity index (χ3n) is 2.86. The Hall–Kier alpha value is -1.53. The molecule has 112 valence electrons. The maximum absolute atomic E-state index is 12.5. The van der Waals surface area contributed by atoms with Gasteiger partial charge in [-0.15, -0.1) is 0 Å². The number of rotatable bonds is 4. The predicted molar refractivity (Wildman–Crippen MR) is 77.3 cm³/mol. The number of halogens is 3. The molecule has 0 amide bonds. The molecule has 2 aromatic rings. The van der Waals surface area contributed by atoms with Crippen LogP contribution in [0.5, 0.6) is 0 Å². The highest BCUT2D eigenvalue weighted by molar-refractivity contribution is 7.99. The summed E-state index contributed by atoms with van der Waals surface area (Å²) in [5, 5.41) is 3.63. The van der Waals surface area contributed by atoms with Crippen LogP contribution in [0.2, 0.25) is 0 Å². The first-order valence-corrected chi connectivity index (χ1v) is 7.17. The van der Waals surface area contributed by atoms with Crippen LogP contribution in [0, 0.1) is 6.92 Å². The fraction of sp³-hybridized carbons (Fsp3) is 0.267. The molecular formula is C15H15F3N2S. The van der Waals surface area contributed by atoms with Crippen molar-refractivity contribution in [2.75, 3.05) is 7.05 Å². The first-order valence-electron chi connectivity index (χ1n) is 6.35. The van der Waals surface area contributed by atoms with Gasteiger partial charge in [-0.2, -0.15) is 13.2 Å². The number of alkyl halides is 3. The van der Waals surface area contributed by atoms with E-state index in [9.17, 15) is 13.2 Å². The van der Waals surface area contributed by atoms with E-state index in [-0.39, 0.29) is 0 Å². The van der Waals surface area contributed by atoms with E-state index in [1.165, 1.54) is 17.8 Å². The minimum absolute atomic E-state index is 0.546. The maximum atomic E-state index is 12.5. The van der Waals surface area contributed by atoms with Gasteiger partial charge in [0.05, 0.1) is 5.56 Å². The van der Waals surface area contributed by atoms with E-state index in [1.54, 1.807) is 0 Å². The molecule has 0 unspecified atom stereocenters. The normalized spacial score (nSPS) is 11.7. The van der Waals surface area contributed by atoms with Crippen LogP contribution in [0.3, 0.4) is 0 Å². The first-order chi connectivity index (χ1) is 9.90. The largest absolute Gasteiger partial charge is 0.417 e. The van der Waals surface area contributed by atoms with E-state index >= 15 is 0 Å². The topological polar surface area (TPSA) is 24.9 Å². The number of nitrogens with one attached hydrogen (secondary N) is 1. The van der Waals surface area contributed by atoms with Crippen molar-refractivity contribution in [2.45, 2.75) is 29.6 Å². The Labute approximate surface area is 125 Å². The van der Waals surface area contributed by atoms with Gasteiger partial charge in [-0.05, 0) is 37.7 Å². The zero-order chi connectivity index (χ0) is 15.5. The molecule has 0 bridgehead atoms. The number of benzene rings is 1.